The highest BCUT2D eigenvalue weighted by molar-refractivity contribution is 9.10. The molecule has 2 N–H and O–H groups in total. The van der Waals surface area contributed by atoms with Crippen molar-refractivity contribution in [3.8, 4) is 0 Å². The predicted molar refractivity (Wildman–Crippen MR) is 87.3 cm³/mol. The van der Waals surface area contributed by atoms with Crippen LogP contribution in [0.2, 0.25) is 0 Å². The molecule has 0 bridgehead atoms. The van der Waals surface area contributed by atoms with Crippen LogP contribution in [0.1, 0.15) is 24.2 Å². The van der Waals surface area contributed by atoms with Crippen LogP contribution in [0.4, 0.5) is 0 Å². The molecule has 0 radical (unpaired) electrons. The van der Waals surface area contributed by atoms with Crippen LogP contribution in [0.15, 0.2) is 28.7 Å². The van der Waals surface area contributed by atoms with Crippen LogP contribution in [0.25, 0.3) is 0 Å². The molecule has 0 aliphatic carbocycles. The molecule has 0 fully saturated rings. The first-order valence-electron chi connectivity index (χ1n) is 6.14. The number of benzene rings is 1. The van der Waals surface area contributed by atoms with Gasteiger partial charge in [-0.1, -0.05) is 41.1 Å². The van der Waals surface area contributed by atoms with Crippen LogP contribution in [0, 0.1) is 0 Å². The van der Waals surface area contributed by atoms with Crippen LogP contribution in [-0.4, -0.2) is 32.2 Å². The first-order chi connectivity index (χ1) is 8.85. The summed E-state index contributed by atoms with van der Waals surface area (Å²) in [7, 11) is -2.92. The molecule has 0 spiro atoms. The Morgan fingerprint density at radius 2 is 2.00 bits per heavy atom. The van der Waals surface area contributed by atoms with Gasteiger partial charge in [-0.05, 0) is 18.1 Å². The molecule has 19 heavy (non-hydrogen) atoms. The number of rotatable bonds is 7. The second-order valence-electron chi connectivity index (χ2n) is 4.51. The van der Waals surface area contributed by atoms with E-state index in [0.717, 1.165) is 16.5 Å². The van der Waals surface area contributed by atoms with Gasteiger partial charge in [0.25, 0.3) is 0 Å². The fourth-order valence-corrected chi connectivity index (χ4v) is 5.05. The summed E-state index contributed by atoms with van der Waals surface area (Å²) in [5.41, 5.74) is 7.31. The molecule has 2 atom stereocenters. The minimum Gasteiger partial charge on any atom is -0.326 e. The van der Waals surface area contributed by atoms with Crippen LogP contribution in [0.5, 0.6) is 0 Å². The van der Waals surface area contributed by atoms with Crippen molar-refractivity contribution in [2.45, 2.75) is 24.6 Å². The first-order valence-corrected chi connectivity index (χ1v) is 10.0. The Morgan fingerprint density at radius 3 is 2.53 bits per heavy atom. The van der Waals surface area contributed by atoms with Crippen molar-refractivity contribution in [1.29, 1.82) is 0 Å². The highest BCUT2D eigenvalue weighted by atomic mass is 79.9. The Bertz CT molecular complexity index is 505. The van der Waals surface area contributed by atoms with Crippen LogP contribution in [-0.2, 0) is 9.84 Å². The van der Waals surface area contributed by atoms with E-state index < -0.39 is 9.84 Å². The van der Waals surface area contributed by atoms with Crippen LogP contribution < -0.4 is 5.73 Å². The van der Waals surface area contributed by atoms with Gasteiger partial charge >= 0.3 is 0 Å². The number of nitrogens with two attached hydrogens (primary N) is 1. The SMILES string of the molecule is CCC(N)C(SCCS(C)(=O)=O)c1ccccc1Br. The van der Waals surface area contributed by atoms with E-state index in [2.05, 4.69) is 15.9 Å². The van der Waals surface area contributed by atoms with E-state index >= 15 is 0 Å². The van der Waals surface area contributed by atoms with E-state index in [1.807, 2.05) is 31.2 Å². The summed E-state index contributed by atoms with van der Waals surface area (Å²) in [5, 5.41) is 0.113. The Labute approximate surface area is 128 Å². The van der Waals surface area contributed by atoms with Gasteiger partial charge in [0.2, 0.25) is 0 Å². The molecule has 0 saturated carbocycles. The first kappa shape index (κ1) is 17.0. The lowest BCUT2D eigenvalue weighted by Gasteiger charge is -2.24. The summed E-state index contributed by atoms with van der Waals surface area (Å²) >= 11 is 5.15. The topological polar surface area (TPSA) is 60.2 Å². The molecule has 0 saturated heterocycles. The minimum absolute atomic E-state index is 0.0169. The molecule has 0 aliphatic rings. The zero-order valence-electron chi connectivity index (χ0n) is 11.2. The van der Waals surface area contributed by atoms with Crippen molar-refractivity contribution in [2.24, 2.45) is 5.73 Å². The summed E-state index contributed by atoms with van der Waals surface area (Å²) in [6.07, 6.45) is 2.12. The van der Waals surface area contributed by atoms with E-state index in [0.29, 0.717) is 5.75 Å². The van der Waals surface area contributed by atoms with Crippen molar-refractivity contribution in [3.05, 3.63) is 34.3 Å². The molecule has 0 heterocycles. The summed E-state index contributed by atoms with van der Waals surface area (Å²) in [4.78, 5) is 0. The number of hydrogen-bond donors (Lipinski definition) is 1. The zero-order chi connectivity index (χ0) is 14.5. The highest BCUT2D eigenvalue weighted by Gasteiger charge is 2.21. The molecule has 1 aromatic rings. The third kappa shape index (κ3) is 5.85. The Balaban J connectivity index is 2.82. The maximum absolute atomic E-state index is 11.2. The van der Waals surface area contributed by atoms with E-state index in [1.54, 1.807) is 11.8 Å². The standard InChI is InChI=1S/C13H20BrNO2S2/c1-3-12(15)13(18-8-9-19(2,16)17)10-6-4-5-7-11(10)14/h4-7,12-13H,3,8-9,15H2,1-2H3. The maximum atomic E-state index is 11.2. The van der Waals surface area contributed by atoms with Crippen molar-refractivity contribution in [3.63, 3.8) is 0 Å². The molecule has 2 unspecified atom stereocenters. The normalized spacial score (nSPS) is 15.2. The molecule has 1 rings (SSSR count). The second kappa shape index (κ2) is 7.67. The lowest BCUT2D eigenvalue weighted by atomic mass is 10.0. The summed E-state index contributed by atoms with van der Waals surface area (Å²) in [5.74, 6) is 0.758. The fourth-order valence-electron chi connectivity index (χ4n) is 1.69. The average molecular weight is 366 g/mol. The minimum atomic E-state index is -2.92. The van der Waals surface area contributed by atoms with Crippen LogP contribution in [0.3, 0.4) is 0 Å². The van der Waals surface area contributed by atoms with E-state index in [4.69, 9.17) is 5.73 Å². The fraction of sp³-hybridized carbons (Fsp3) is 0.538. The smallest absolute Gasteiger partial charge is 0.148 e. The molecule has 0 amide bonds. The zero-order valence-corrected chi connectivity index (χ0v) is 14.4. The second-order valence-corrected chi connectivity index (χ2v) is 8.88. The number of hydrogen-bond acceptors (Lipinski definition) is 4. The molecule has 0 aromatic heterocycles. The third-order valence-electron chi connectivity index (χ3n) is 2.82. The summed E-state index contributed by atoms with van der Waals surface area (Å²) in [6, 6.07) is 7.98. The van der Waals surface area contributed by atoms with Gasteiger partial charge in [0.05, 0.1) is 5.75 Å². The van der Waals surface area contributed by atoms with E-state index in [-0.39, 0.29) is 17.0 Å². The van der Waals surface area contributed by atoms with Gasteiger partial charge in [-0.15, -0.1) is 0 Å². The largest absolute Gasteiger partial charge is 0.326 e. The van der Waals surface area contributed by atoms with Crippen LogP contribution >= 0.6 is 27.7 Å². The predicted octanol–water partition coefficient (Wildman–Crippen LogP) is 3.01. The molecule has 6 heteroatoms. The van der Waals surface area contributed by atoms with Crippen molar-refractivity contribution in [1.82, 2.24) is 0 Å². The number of halogens is 1. The van der Waals surface area contributed by atoms with Gasteiger partial charge < -0.3 is 5.73 Å². The molecule has 108 valence electrons. The van der Waals surface area contributed by atoms with Gasteiger partial charge in [0.15, 0.2) is 0 Å². The Morgan fingerprint density at radius 1 is 1.37 bits per heavy atom. The quantitative estimate of drug-likeness (QED) is 0.806. The molecular formula is C13H20BrNO2S2. The summed E-state index contributed by atoms with van der Waals surface area (Å²) in [6.45, 7) is 2.05. The van der Waals surface area contributed by atoms with Crippen molar-refractivity contribution < 1.29 is 8.42 Å². The van der Waals surface area contributed by atoms with Gasteiger partial charge in [-0.2, -0.15) is 11.8 Å². The van der Waals surface area contributed by atoms with Gasteiger partial charge in [-0.3, -0.25) is 0 Å². The van der Waals surface area contributed by atoms with E-state index in [1.165, 1.54) is 6.26 Å². The lowest BCUT2D eigenvalue weighted by Crippen LogP contribution is -2.26. The van der Waals surface area contributed by atoms with Gasteiger partial charge in [0, 0.05) is 27.8 Å². The number of thioether (sulfide) groups is 1. The van der Waals surface area contributed by atoms with Gasteiger partial charge in [-0.25, -0.2) is 8.42 Å². The summed E-state index contributed by atoms with van der Waals surface area (Å²) < 4.78 is 23.4. The monoisotopic (exact) mass is 365 g/mol. The van der Waals surface area contributed by atoms with Gasteiger partial charge in [0.1, 0.15) is 9.84 Å². The molecular weight excluding hydrogens is 346 g/mol. The third-order valence-corrected chi connectivity index (χ3v) is 6.15. The lowest BCUT2D eigenvalue weighted by molar-refractivity contribution is 0.603. The van der Waals surface area contributed by atoms with Crippen molar-refractivity contribution in [2.75, 3.05) is 17.8 Å². The van der Waals surface area contributed by atoms with E-state index in [9.17, 15) is 8.42 Å². The maximum Gasteiger partial charge on any atom is 0.148 e. The molecule has 3 nitrogen and oxygen atoms in total. The Hall–Kier alpha value is -0.0400. The molecule has 0 aliphatic heterocycles. The number of sulfone groups is 1. The average Bonchev–Trinajstić information content (AvgIpc) is 2.34. The highest BCUT2D eigenvalue weighted by Crippen LogP contribution is 2.36. The molecule has 1 aromatic carbocycles. The Kier molecular flexibility index (Phi) is 6.86. The van der Waals surface area contributed by atoms with Crippen molar-refractivity contribution >= 4 is 37.5 Å².